The van der Waals surface area contributed by atoms with Gasteiger partial charge >= 0.3 is 6.03 Å². The SMILES string of the molecule is CCN(CC)C(=O)Nc1ccc(CC(=O)NC)cc1. The van der Waals surface area contributed by atoms with E-state index >= 15 is 0 Å². The summed E-state index contributed by atoms with van der Waals surface area (Å²) in [5.74, 6) is -0.0278. The van der Waals surface area contributed by atoms with E-state index in [1.807, 2.05) is 26.0 Å². The summed E-state index contributed by atoms with van der Waals surface area (Å²) in [7, 11) is 1.61. The molecule has 0 fully saturated rings. The minimum absolute atomic E-state index is 0.0278. The molecule has 5 nitrogen and oxygen atoms in total. The predicted molar refractivity (Wildman–Crippen MR) is 76.2 cm³/mol. The quantitative estimate of drug-likeness (QED) is 0.851. The first-order valence-corrected chi connectivity index (χ1v) is 6.46. The number of amides is 3. The first-order valence-electron chi connectivity index (χ1n) is 6.46. The number of hydrogen-bond acceptors (Lipinski definition) is 2. The highest BCUT2D eigenvalue weighted by atomic mass is 16.2. The van der Waals surface area contributed by atoms with Crippen LogP contribution in [0, 0.1) is 0 Å². The Morgan fingerprint density at radius 1 is 1.11 bits per heavy atom. The fraction of sp³-hybridized carbons (Fsp3) is 0.429. The maximum Gasteiger partial charge on any atom is 0.321 e. The van der Waals surface area contributed by atoms with E-state index in [4.69, 9.17) is 0 Å². The smallest absolute Gasteiger partial charge is 0.321 e. The molecule has 1 rings (SSSR count). The average molecular weight is 263 g/mol. The van der Waals surface area contributed by atoms with Gasteiger partial charge in [0.25, 0.3) is 0 Å². The van der Waals surface area contributed by atoms with E-state index in [2.05, 4.69) is 10.6 Å². The molecule has 0 bridgehead atoms. The lowest BCUT2D eigenvalue weighted by Crippen LogP contribution is -2.34. The zero-order valence-corrected chi connectivity index (χ0v) is 11.7. The molecule has 19 heavy (non-hydrogen) atoms. The fourth-order valence-electron chi connectivity index (χ4n) is 1.69. The molecule has 3 amide bonds. The summed E-state index contributed by atoms with van der Waals surface area (Å²) in [6.07, 6.45) is 0.348. The van der Waals surface area contributed by atoms with E-state index in [9.17, 15) is 9.59 Å². The molecule has 0 aliphatic carbocycles. The molecule has 104 valence electrons. The number of hydrogen-bond donors (Lipinski definition) is 2. The van der Waals surface area contributed by atoms with Crippen molar-refractivity contribution in [2.45, 2.75) is 20.3 Å². The summed E-state index contributed by atoms with van der Waals surface area (Å²) in [5, 5.41) is 5.40. The maximum atomic E-state index is 11.8. The number of urea groups is 1. The molecule has 0 saturated carbocycles. The third kappa shape index (κ3) is 4.62. The van der Waals surface area contributed by atoms with Crippen molar-refractivity contribution in [1.29, 1.82) is 0 Å². The zero-order valence-electron chi connectivity index (χ0n) is 11.7. The first kappa shape index (κ1) is 15.0. The molecule has 1 aromatic rings. The van der Waals surface area contributed by atoms with Crippen molar-refractivity contribution in [3.63, 3.8) is 0 Å². The van der Waals surface area contributed by atoms with Gasteiger partial charge in [-0.1, -0.05) is 12.1 Å². The summed E-state index contributed by atoms with van der Waals surface area (Å²) in [4.78, 5) is 24.8. The minimum Gasteiger partial charge on any atom is -0.359 e. The Morgan fingerprint density at radius 3 is 2.16 bits per heavy atom. The van der Waals surface area contributed by atoms with Crippen LogP contribution in [0.4, 0.5) is 10.5 Å². The van der Waals surface area contributed by atoms with Crippen molar-refractivity contribution >= 4 is 17.6 Å². The Labute approximate surface area is 114 Å². The van der Waals surface area contributed by atoms with E-state index in [0.717, 1.165) is 11.3 Å². The summed E-state index contributed by atoms with van der Waals surface area (Å²) >= 11 is 0. The van der Waals surface area contributed by atoms with E-state index in [-0.39, 0.29) is 11.9 Å². The number of nitrogens with zero attached hydrogens (tertiary/aromatic N) is 1. The van der Waals surface area contributed by atoms with Crippen LogP contribution in [0.3, 0.4) is 0 Å². The number of benzene rings is 1. The lowest BCUT2D eigenvalue weighted by Gasteiger charge is -2.19. The van der Waals surface area contributed by atoms with Crippen LogP contribution < -0.4 is 10.6 Å². The Kier molecular flexibility index (Phi) is 5.85. The van der Waals surface area contributed by atoms with Crippen LogP contribution in [0.15, 0.2) is 24.3 Å². The van der Waals surface area contributed by atoms with Crippen LogP contribution in [0.25, 0.3) is 0 Å². The van der Waals surface area contributed by atoms with Gasteiger partial charge in [-0.05, 0) is 31.5 Å². The monoisotopic (exact) mass is 263 g/mol. The van der Waals surface area contributed by atoms with E-state index in [0.29, 0.717) is 19.5 Å². The van der Waals surface area contributed by atoms with Crippen LogP contribution in [0.5, 0.6) is 0 Å². The molecule has 0 heterocycles. The van der Waals surface area contributed by atoms with Crippen LogP contribution >= 0.6 is 0 Å². The molecule has 0 radical (unpaired) electrons. The predicted octanol–water partition coefficient (Wildman–Crippen LogP) is 1.85. The molecule has 1 aromatic carbocycles. The van der Waals surface area contributed by atoms with E-state index < -0.39 is 0 Å². The molecule has 0 aliphatic rings. The normalized spacial score (nSPS) is 9.84. The highest BCUT2D eigenvalue weighted by Gasteiger charge is 2.09. The minimum atomic E-state index is -0.107. The Bertz CT molecular complexity index is 425. The second-order valence-corrected chi connectivity index (χ2v) is 4.15. The van der Waals surface area contributed by atoms with Crippen LogP contribution in [0.1, 0.15) is 19.4 Å². The van der Waals surface area contributed by atoms with Crippen molar-refractivity contribution in [2.75, 3.05) is 25.5 Å². The second-order valence-electron chi connectivity index (χ2n) is 4.15. The fourth-order valence-corrected chi connectivity index (χ4v) is 1.69. The Morgan fingerprint density at radius 2 is 1.68 bits per heavy atom. The lowest BCUT2D eigenvalue weighted by molar-refractivity contribution is -0.119. The molecule has 0 atom stereocenters. The number of anilines is 1. The molecule has 0 aromatic heterocycles. The Hall–Kier alpha value is -2.04. The third-order valence-electron chi connectivity index (χ3n) is 2.90. The zero-order chi connectivity index (χ0) is 14.3. The van der Waals surface area contributed by atoms with Gasteiger partial charge in [-0.15, -0.1) is 0 Å². The van der Waals surface area contributed by atoms with Gasteiger partial charge in [-0.3, -0.25) is 4.79 Å². The molecule has 0 aliphatic heterocycles. The van der Waals surface area contributed by atoms with Gasteiger partial charge < -0.3 is 15.5 Å². The molecule has 2 N–H and O–H groups in total. The number of carbonyl (C=O) groups excluding carboxylic acids is 2. The van der Waals surface area contributed by atoms with E-state index in [1.165, 1.54) is 0 Å². The van der Waals surface area contributed by atoms with Crippen molar-refractivity contribution in [3.05, 3.63) is 29.8 Å². The molecule has 0 unspecified atom stereocenters. The molecule has 5 heteroatoms. The number of carbonyl (C=O) groups is 2. The summed E-state index contributed by atoms with van der Waals surface area (Å²) in [6, 6.07) is 7.18. The van der Waals surface area contributed by atoms with Crippen molar-refractivity contribution in [2.24, 2.45) is 0 Å². The Balaban J connectivity index is 2.61. The molecular weight excluding hydrogens is 242 g/mol. The average Bonchev–Trinajstić information content (AvgIpc) is 2.42. The van der Waals surface area contributed by atoms with Gasteiger partial charge in [-0.2, -0.15) is 0 Å². The molecule has 0 saturated heterocycles. The number of nitrogens with one attached hydrogen (secondary N) is 2. The van der Waals surface area contributed by atoms with Crippen molar-refractivity contribution in [3.8, 4) is 0 Å². The molecular formula is C14H21N3O2. The van der Waals surface area contributed by atoms with Crippen molar-refractivity contribution < 1.29 is 9.59 Å². The first-order chi connectivity index (χ1) is 9.10. The largest absolute Gasteiger partial charge is 0.359 e. The summed E-state index contributed by atoms with van der Waals surface area (Å²) in [5.41, 5.74) is 1.65. The van der Waals surface area contributed by atoms with Gasteiger partial charge in [0.2, 0.25) is 5.91 Å². The van der Waals surface area contributed by atoms with Crippen LogP contribution in [0.2, 0.25) is 0 Å². The van der Waals surface area contributed by atoms with Gasteiger partial charge in [0.15, 0.2) is 0 Å². The topological polar surface area (TPSA) is 61.4 Å². The number of likely N-dealkylation sites (N-methyl/N-ethyl adjacent to an activating group) is 1. The van der Waals surface area contributed by atoms with Gasteiger partial charge in [0, 0.05) is 25.8 Å². The second kappa shape index (κ2) is 7.41. The van der Waals surface area contributed by atoms with Crippen molar-refractivity contribution in [1.82, 2.24) is 10.2 Å². The standard InChI is InChI=1S/C14H21N3O2/c1-4-17(5-2)14(19)16-12-8-6-11(7-9-12)10-13(18)15-3/h6-9H,4-5,10H2,1-3H3,(H,15,18)(H,16,19). The third-order valence-corrected chi connectivity index (χ3v) is 2.90. The van der Waals surface area contributed by atoms with Crippen LogP contribution in [-0.2, 0) is 11.2 Å². The summed E-state index contributed by atoms with van der Waals surface area (Å²) in [6.45, 7) is 5.24. The van der Waals surface area contributed by atoms with Gasteiger partial charge in [0.05, 0.1) is 6.42 Å². The molecule has 0 spiro atoms. The van der Waals surface area contributed by atoms with Crippen LogP contribution in [-0.4, -0.2) is 37.0 Å². The highest BCUT2D eigenvalue weighted by Crippen LogP contribution is 2.11. The summed E-state index contributed by atoms with van der Waals surface area (Å²) < 4.78 is 0. The van der Waals surface area contributed by atoms with Gasteiger partial charge in [-0.25, -0.2) is 4.79 Å². The lowest BCUT2D eigenvalue weighted by atomic mass is 10.1. The highest BCUT2D eigenvalue weighted by molar-refractivity contribution is 5.89. The van der Waals surface area contributed by atoms with Gasteiger partial charge in [0.1, 0.15) is 0 Å². The maximum absolute atomic E-state index is 11.8. The van der Waals surface area contributed by atoms with E-state index in [1.54, 1.807) is 24.1 Å². The number of rotatable bonds is 5.